The lowest BCUT2D eigenvalue weighted by molar-refractivity contribution is -0.183. The molecule has 0 spiro atoms. The average molecular weight is 381 g/mol. The smallest absolute Gasteiger partial charge is 0.405 e. The molecule has 146 valence electrons. The SMILES string of the molecule is COc1ccc(C(=O)NCC(N2CCNCC2)C(F)(F)F)c2ccccc12. The molecule has 1 aliphatic heterocycles. The molecule has 2 aromatic carbocycles. The molecule has 1 unspecified atom stereocenters. The number of alkyl halides is 3. The van der Waals surface area contributed by atoms with Crippen molar-refractivity contribution >= 4 is 16.7 Å². The Morgan fingerprint density at radius 3 is 2.48 bits per heavy atom. The predicted molar refractivity (Wildman–Crippen MR) is 97.1 cm³/mol. The summed E-state index contributed by atoms with van der Waals surface area (Å²) in [5.41, 5.74) is 0.327. The Hall–Kier alpha value is -2.32. The minimum absolute atomic E-state index is 0.297. The van der Waals surface area contributed by atoms with E-state index in [0.717, 1.165) is 5.39 Å². The topological polar surface area (TPSA) is 53.6 Å². The summed E-state index contributed by atoms with van der Waals surface area (Å²) in [6, 6.07) is 8.68. The molecule has 27 heavy (non-hydrogen) atoms. The molecule has 2 aromatic rings. The maximum Gasteiger partial charge on any atom is 0.405 e. The van der Waals surface area contributed by atoms with Crippen molar-refractivity contribution in [3.63, 3.8) is 0 Å². The van der Waals surface area contributed by atoms with E-state index < -0.39 is 24.7 Å². The Balaban J connectivity index is 1.79. The number of halogens is 3. The zero-order valence-electron chi connectivity index (χ0n) is 15.0. The molecule has 8 heteroatoms. The summed E-state index contributed by atoms with van der Waals surface area (Å²) in [6.07, 6.45) is -4.41. The predicted octanol–water partition coefficient (Wildman–Crippen LogP) is 2.41. The standard InChI is InChI=1S/C19H22F3N3O2/c1-27-16-7-6-15(13-4-2-3-5-14(13)16)18(26)24-12-17(19(20,21)22)25-10-8-23-9-11-25/h2-7,17,23H,8-12H2,1H3,(H,24,26). The summed E-state index contributed by atoms with van der Waals surface area (Å²) in [6.45, 7) is 1.12. The van der Waals surface area contributed by atoms with Gasteiger partial charge in [-0.05, 0) is 17.5 Å². The highest BCUT2D eigenvalue weighted by Gasteiger charge is 2.43. The minimum atomic E-state index is -4.41. The van der Waals surface area contributed by atoms with Gasteiger partial charge in [0.15, 0.2) is 0 Å². The minimum Gasteiger partial charge on any atom is -0.496 e. The largest absolute Gasteiger partial charge is 0.496 e. The van der Waals surface area contributed by atoms with Gasteiger partial charge in [0, 0.05) is 43.7 Å². The van der Waals surface area contributed by atoms with E-state index in [-0.39, 0.29) is 0 Å². The van der Waals surface area contributed by atoms with Gasteiger partial charge >= 0.3 is 6.18 Å². The highest BCUT2D eigenvalue weighted by Crippen LogP contribution is 2.29. The van der Waals surface area contributed by atoms with Gasteiger partial charge in [0.05, 0.1) is 7.11 Å². The van der Waals surface area contributed by atoms with Crippen LogP contribution >= 0.6 is 0 Å². The molecule has 1 amide bonds. The molecule has 1 heterocycles. The number of fused-ring (bicyclic) bond motifs is 1. The van der Waals surface area contributed by atoms with Crippen LogP contribution in [0.2, 0.25) is 0 Å². The third-order valence-corrected chi connectivity index (χ3v) is 4.77. The number of carbonyl (C=O) groups is 1. The van der Waals surface area contributed by atoms with Gasteiger partial charge in [-0.15, -0.1) is 0 Å². The first-order valence-corrected chi connectivity index (χ1v) is 8.77. The molecule has 3 rings (SSSR count). The van der Waals surface area contributed by atoms with E-state index in [2.05, 4.69) is 10.6 Å². The Bertz CT molecular complexity index is 804. The number of nitrogens with zero attached hydrogens (tertiary/aromatic N) is 1. The third kappa shape index (κ3) is 4.33. The molecule has 0 bridgehead atoms. The van der Waals surface area contributed by atoms with Gasteiger partial charge in [-0.2, -0.15) is 13.2 Å². The summed E-state index contributed by atoms with van der Waals surface area (Å²) >= 11 is 0. The number of carbonyl (C=O) groups excluding carboxylic acids is 1. The van der Waals surface area contributed by atoms with Crippen molar-refractivity contribution in [3.05, 3.63) is 42.0 Å². The second kappa shape index (κ2) is 8.14. The van der Waals surface area contributed by atoms with Crippen LogP contribution in [0.5, 0.6) is 5.75 Å². The average Bonchev–Trinajstić information content (AvgIpc) is 2.67. The van der Waals surface area contributed by atoms with E-state index in [1.807, 2.05) is 12.1 Å². The van der Waals surface area contributed by atoms with Crippen LogP contribution in [0.4, 0.5) is 13.2 Å². The molecule has 0 saturated carbocycles. The molecule has 1 aliphatic rings. The molecule has 1 fully saturated rings. The highest BCUT2D eigenvalue weighted by molar-refractivity contribution is 6.08. The number of methoxy groups -OCH3 is 1. The van der Waals surface area contributed by atoms with E-state index in [4.69, 9.17) is 4.74 Å². The van der Waals surface area contributed by atoms with Gasteiger partial charge in [-0.25, -0.2) is 0 Å². The van der Waals surface area contributed by atoms with E-state index in [0.29, 0.717) is 42.9 Å². The fraction of sp³-hybridized carbons (Fsp3) is 0.421. The van der Waals surface area contributed by atoms with Gasteiger partial charge in [-0.1, -0.05) is 24.3 Å². The number of amides is 1. The molecule has 0 aliphatic carbocycles. The van der Waals surface area contributed by atoms with Gasteiger partial charge in [0.2, 0.25) is 0 Å². The molecule has 2 N–H and O–H groups in total. The van der Waals surface area contributed by atoms with Crippen LogP contribution in [0.3, 0.4) is 0 Å². The van der Waals surface area contributed by atoms with Gasteiger partial charge in [0.25, 0.3) is 5.91 Å². The normalized spacial score (nSPS) is 16.9. The lowest BCUT2D eigenvalue weighted by Gasteiger charge is -2.35. The number of hydrogen-bond donors (Lipinski definition) is 2. The Kier molecular flexibility index (Phi) is 5.86. The van der Waals surface area contributed by atoms with E-state index >= 15 is 0 Å². The van der Waals surface area contributed by atoms with E-state index in [9.17, 15) is 18.0 Å². The van der Waals surface area contributed by atoms with Crippen LogP contribution < -0.4 is 15.4 Å². The highest BCUT2D eigenvalue weighted by atomic mass is 19.4. The van der Waals surface area contributed by atoms with Crippen molar-refractivity contribution in [2.45, 2.75) is 12.2 Å². The maximum atomic E-state index is 13.5. The molecular weight excluding hydrogens is 359 g/mol. The maximum absolute atomic E-state index is 13.5. The first kappa shape index (κ1) is 19.4. The quantitative estimate of drug-likeness (QED) is 0.835. The van der Waals surface area contributed by atoms with Gasteiger partial charge in [0.1, 0.15) is 11.8 Å². The lowest BCUT2D eigenvalue weighted by Crippen LogP contribution is -2.57. The first-order valence-electron chi connectivity index (χ1n) is 8.77. The number of hydrogen-bond acceptors (Lipinski definition) is 4. The third-order valence-electron chi connectivity index (χ3n) is 4.77. The fourth-order valence-corrected chi connectivity index (χ4v) is 3.38. The van der Waals surface area contributed by atoms with Crippen LogP contribution in [-0.4, -0.2) is 62.9 Å². The Labute approximate surface area is 155 Å². The van der Waals surface area contributed by atoms with Crippen molar-refractivity contribution in [3.8, 4) is 5.75 Å². The van der Waals surface area contributed by atoms with Crippen molar-refractivity contribution in [2.24, 2.45) is 0 Å². The van der Waals surface area contributed by atoms with Crippen LogP contribution in [0, 0.1) is 0 Å². The molecule has 5 nitrogen and oxygen atoms in total. The van der Waals surface area contributed by atoms with E-state index in [1.165, 1.54) is 12.0 Å². The number of rotatable bonds is 5. The number of piperazine rings is 1. The van der Waals surface area contributed by atoms with Crippen molar-refractivity contribution < 1.29 is 22.7 Å². The molecule has 0 radical (unpaired) electrons. The Morgan fingerprint density at radius 2 is 1.85 bits per heavy atom. The number of benzene rings is 2. The van der Waals surface area contributed by atoms with Crippen LogP contribution in [0.25, 0.3) is 10.8 Å². The lowest BCUT2D eigenvalue weighted by atomic mass is 10.0. The van der Waals surface area contributed by atoms with Crippen molar-refractivity contribution in [2.75, 3.05) is 39.8 Å². The summed E-state index contributed by atoms with van der Waals surface area (Å²) in [5.74, 6) is 0.0781. The number of ether oxygens (including phenoxy) is 1. The van der Waals surface area contributed by atoms with Gasteiger partial charge < -0.3 is 15.4 Å². The number of nitrogens with one attached hydrogen (secondary N) is 2. The van der Waals surface area contributed by atoms with Crippen LogP contribution in [-0.2, 0) is 0 Å². The summed E-state index contributed by atoms with van der Waals surface area (Å²) < 4.78 is 45.7. The zero-order chi connectivity index (χ0) is 19.4. The molecular formula is C19H22F3N3O2. The Morgan fingerprint density at radius 1 is 1.19 bits per heavy atom. The second-order valence-electron chi connectivity index (χ2n) is 6.41. The van der Waals surface area contributed by atoms with Crippen molar-refractivity contribution in [1.82, 2.24) is 15.5 Å². The van der Waals surface area contributed by atoms with Crippen LogP contribution in [0.15, 0.2) is 36.4 Å². The van der Waals surface area contributed by atoms with E-state index in [1.54, 1.807) is 24.3 Å². The van der Waals surface area contributed by atoms with Gasteiger partial charge in [-0.3, -0.25) is 9.69 Å². The summed E-state index contributed by atoms with van der Waals surface area (Å²) in [4.78, 5) is 14.0. The monoisotopic (exact) mass is 381 g/mol. The van der Waals surface area contributed by atoms with Crippen molar-refractivity contribution in [1.29, 1.82) is 0 Å². The first-order chi connectivity index (χ1) is 12.9. The molecule has 0 aromatic heterocycles. The summed E-state index contributed by atoms with van der Waals surface area (Å²) in [5, 5.41) is 6.88. The fourth-order valence-electron chi connectivity index (χ4n) is 3.38. The molecule has 1 saturated heterocycles. The summed E-state index contributed by atoms with van der Waals surface area (Å²) in [7, 11) is 1.53. The zero-order valence-corrected chi connectivity index (χ0v) is 15.0. The second-order valence-corrected chi connectivity index (χ2v) is 6.41. The molecule has 1 atom stereocenters. The van der Waals surface area contributed by atoms with Crippen LogP contribution in [0.1, 0.15) is 10.4 Å².